The Bertz CT molecular complexity index is 3850. The molecule has 11 aromatic rings. The van der Waals surface area contributed by atoms with Gasteiger partial charge in [-0.3, -0.25) is 0 Å². The first kappa shape index (κ1) is 44.3. The summed E-state index contributed by atoms with van der Waals surface area (Å²) in [4.78, 5) is 2.51. The Morgan fingerprint density at radius 1 is 0.380 bits per heavy atom. The van der Waals surface area contributed by atoms with E-state index in [1.165, 1.54) is 72.0 Å². The fraction of sp³-hybridized carbons (Fsp3) is 0.159. The molecular weight excluding hydrogens is 859 g/mol. The third-order valence-electron chi connectivity index (χ3n) is 15.1. The highest BCUT2D eigenvalue weighted by Crippen LogP contribution is 2.54. The zero-order chi connectivity index (χ0) is 48.8. The molecule has 10 aromatic carbocycles. The van der Waals surface area contributed by atoms with E-state index in [1.807, 2.05) is 0 Å². The molecule has 0 saturated carbocycles. The molecule has 2 nitrogen and oxygen atoms in total. The van der Waals surface area contributed by atoms with Crippen molar-refractivity contribution in [2.24, 2.45) is 0 Å². The SMILES string of the molecule is CC(C)(C)c1cc(-c2cccc3cccc(-c4ccccc4N(c4cccc(-c5cccc6c5C(C)(C)c5ccccc5-6)c4)c4ccccc4-c4cccc5oc6ccccc6c45)c23)cc(C(C)(C)C)c1. The first-order valence-corrected chi connectivity index (χ1v) is 25.2. The lowest BCUT2D eigenvalue weighted by atomic mass is 9.78. The molecule has 1 aliphatic carbocycles. The third kappa shape index (κ3) is 7.39. The van der Waals surface area contributed by atoms with Gasteiger partial charge >= 0.3 is 0 Å². The Kier molecular flexibility index (Phi) is 10.4. The van der Waals surface area contributed by atoms with Gasteiger partial charge in [0.05, 0.1) is 11.4 Å². The molecule has 0 aliphatic heterocycles. The van der Waals surface area contributed by atoms with Crippen molar-refractivity contribution in [3.05, 3.63) is 235 Å². The van der Waals surface area contributed by atoms with Crippen LogP contribution in [0.4, 0.5) is 17.1 Å². The molecule has 0 spiro atoms. The van der Waals surface area contributed by atoms with E-state index < -0.39 is 0 Å². The predicted octanol–water partition coefficient (Wildman–Crippen LogP) is 19.8. The number of furan rings is 1. The predicted molar refractivity (Wildman–Crippen MR) is 303 cm³/mol. The lowest BCUT2D eigenvalue weighted by Crippen LogP contribution is -2.16. The molecule has 346 valence electrons. The Morgan fingerprint density at radius 3 is 1.58 bits per heavy atom. The highest BCUT2D eigenvalue weighted by atomic mass is 16.3. The molecule has 1 aromatic heterocycles. The molecule has 2 heteroatoms. The summed E-state index contributed by atoms with van der Waals surface area (Å²) in [6.45, 7) is 18.7. The second-order valence-corrected chi connectivity index (χ2v) is 22.1. The van der Waals surface area contributed by atoms with Crippen LogP contribution in [0.15, 0.2) is 217 Å². The summed E-state index contributed by atoms with van der Waals surface area (Å²) in [5.41, 5.74) is 22.4. The van der Waals surface area contributed by atoms with Crippen LogP contribution in [0.5, 0.6) is 0 Å². The van der Waals surface area contributed by atoms with Crippen LogP contribution in [0.3, 0.4) is 0 Å². The highest BCUT2D eigenvalue weighted by molar-refractivity contribution is 6.15. The van der Waals surface area contributed by atoms with Crippen molar-refractivity contribution in [2.75, 3.05) is 4.90 Å². The first-order chi connectivity index (χ1) is 34.3. The number of rotatable bonds is 7. The van der Waals surface area contributed by atoms with Gasteiger partial charge in [0.1, 0.15) is 11.2 Å². The number of hydrogen-bond acceptors (Lipinski definition) is 2. The van der Waals surface area contributed by atoms with E-state index in [1.54, 1.807) is 0 Å². The molecule has 0 unspecified atom stereocenters. The molecule has 71 heavy (non-hydrogen) atoms. The van der Waals surface area contributed by atoms with Crippen molar-refractivity contribution in [3.8, 4) is 55.6 Å². The van der Waals surface area contributed by atoms with Crippen molar-refractivity contribution in [1.29, 1.82) is 0 Å². The van der Waals surface area contributed by atoms with E-state index in [-0.39, 0.29) is 16.2 Å². The van der Waals surface area contributed by atoms with Crippen molar-refractivity contribution < 1.29 is 4.42 Å². The Balaban J connectivity index is 1.12. The number of hydrogen-bond donors (Lipinski definition) is 0. The molecule has 0 bridgehead atoms. The lowest BCUT2D eigenvalue weighted by Gasteiger charge is -2.31. The topological polar surface area (TPSA) is 16.4 Å². The molecule has 0 amide bonds. The zero-order valence-corrected chi connectivity index (χ0v) is 42.1. The van der Waals surface area contributed by atoms with Crippen LogP contribution in [0, 0.1) is 0 Å². The van der Waals surface area contributed by atoms with E-state index in [0.717, 1.165) is 55.7 Å². The minimum Gasteiger partial charge on any atom is -0.456 e. The first-order valence-electron chi connectivity index (χ1n) is 25.2. The summed E-state index contributed by atoms with van der Waals surface area (Å²) in [6.07, 6.45) is 0. The van der Waals surface area contributed by atoms with E-state index in [0.29, 0.717) is 0 Å². The molecule has 0 saturated heterocycles. The summed E-state index contributed by atoms with van der Waals surface area (Å²) in [5.74, 6) is 0. The van der Waals surface area contributed by atoms with Gasteiger partial charge in [0.15, 0.2) is 0 Å². The largest absolute Gasteiger partial charge is 0.456 e. The summed E-state index contributed by atoms with van der Waals surface area (Å²) < 4.78 is 6.53. The van der Waals surface area contributed by atoms with Gasteiger partial charge < -0.3 is 9.32 Å². The van der Waals surface area contributed by atoms with E-state index in [4.69, 9.17) is 4.42 Å². The Morgan fingerprint density at radius 2 is 0.887 bits per heavy atom. The van der Waals surface area contributed by atoms with Crippen molar-refractivity contribution in [2.45, 2.75) is 71.6 Å². The number of nitrogens with zero attached hydrogens (tertiary/aromatic N) is 1. The Labute approximate surface area is 418 Å². The van der Waals surface area contributed by atoms with E-state index >= 15 is 0 Å². The quantitative estimate of drug-likeness (QED) is 0.158. The van der Waals surface area contributed by atoms with Crippen LogP contribution in [0.2, 0.25) is 0 Å². The summed E-state index contributed by atoms with van der Waals surface area (Å²) in [6, 6.07) is 78.8. The van der Waals surface area contributed by atoms with Gasteiger partial charge in [-0.1, -0.05) is 231 Å². The minimum absolute atomic E-state index is 0.0227. The van der Waals surface area contributed by atoms with Gasteiger partial charge in [0.25, 0.3) is 0 Å². The maximum absolute atomic E-state index is 6.53. The average Bonchev–Trinajstić information content (AvgIpc) is 3.88. The number of benzene rings is 10. The van der Waals surface area contributed by atoms with Crippen LogP contribution < -0.4 is 4.90 Å². The normalized spacial score (nSPS) is 13.2. The van der Waals surface area contributed by atoms with Gasteiger partial charge in [0.2, 0.25) is 0 Å². The lowest BCUT2D eigenvalue weighted by molar-refractivity contribution is 0.569. The number of para-hydroxylation sites is 3. The molecule has 0 atom stereocenters. The average molecular weight is 918 g/mol. The van der Waals surface area contributed by atoms with Crippen LogP contribution >= 0.6 is 0 Å². The van der Waals surface area contributed by atoms with E-state index in [9.17, 15) is 0 Å². The maximum Gasteiger partial charge on any atom is 0.136 e. The van der Waals surface area contributed by atoms with Crippen molar-refractivity contribution in [1.82, 2.24) is 0 Å². The molecule has 12 rings (SSSR count). The smallest absolute Gasteiger partial charge is 0.136 e. The third-order valence-corrected chi connectivity index (χ3v) is 15.1. The van der Waals surface area contributed by atoms with Gasteiger partial charge in [0, 0.05) is 33.0 Å². The second kappa shape index (κ2) is 16.6. The van der Waals surface area contributed by atoms with E-state index in [2.05, 4.69) is 273 Å². The Hall–Kier alpha value is -7.94. The summed E-state index contributed by atoms with van der Waals surface area (Å²) >= 11 is 0. The van der Waals surface area contributed by atoms with Crippen LogP contribution in [0.1, 0.15) is 77.6 Å². The van der Waals surface area contributed by atoms with Crippen LogP contribution in [-0.4, -0.2) is 0 Å². The van der Waals surface area contributed by atoms with Gasteiger partial charge in [-0.25, -0.2) is 0 Å². The molecular formula is C69H59NO. The molecule has 0 radical (unpaired) electrons. The molecule has 1 heterocycles. The molecule has 0 fully saturated rings. The highest BCUT2D eigenvalue weighted by Gasteiger charge is 2.37. The number of fused-ring (bicyclic) bond motifs is 7. The zero-order valence-electron chi connectivity index (χ0n) is 42.1. The summed E-state index contributed by atoms with van der Waals surface area (Å²) in [5, 5.41) is 4.68. The van der Waals surface area contributed by atoms with Gasteiger partial charge in [-0.05, 0) is 125 Å². The van der Waals surface area contributed by atoms with Crippen molar-refractivity contribution in [3.63, 3.8) is 0 Å². The second-order valence-electron chi connectivity index (χ2n) is 22.1. The van der Waals surface area contributed by atoms with Crippen LogP contribution in [-0.2, 0) is 16.2 Å². The van der Waals surface area contributed by atoms with Crippen molar-refractivity contribution >= 4 is 49.8 Å². The molecule has 0 N–H and O–H groups in total. The summed E-state index contributed by atoms with van der Waals surface area (Å²) in [7, 11) is 0. The fourth-order valence-electron chi connectivity index (χ4n) is 11.6. The molecule has 1 aliphatic rings. The monoisotopic (exact) mass is 917 g/mol. The van der Waals surface area contributed by atoms with Crippen LogP contribution in [0.25, 0.3) is 88.3 Å². The standard InChI is InChI=1S/C69H59NO/c1-67(2,3)47-40-46(41-48(43-47)68(4,5)6)50-30-18-22-44-23-19-32-55(64(44)50)53-27-10-14-36-60(53)70(61-37-15-11-28-54(61)56-33-21-39-63-65(56)58-29-12-16-38-62(58)71-63)49-25-17-24-45(42-49)51-31-20-34-57-52-26-9-13-35-59(52)69(7,8)66(51)57/h9-43H,1-8H3. The van der Waals surface area contributed by atoms with Gasteiger partial charge in [-0.2, -0.15) is 0 Å². The fourth-order valence-corrected chi connectivity index (χ4v) is 11.6. The van der Waals surface area contributed by atoms with Gasteiger partial charge in [-0.15, -0.1) is 0 Å². The number of anilines is 3. The minimum atomic E-state index is -0.171. The maximum atomic E-state index is 6.53.